The molecule has 0 amide bonds. The average molecular weight is 212 g/mol. The average Bonchev–Trinajstić information content (AvgIpc) is 2.10. The SMILES string of the molecule is CC1CCC(N(C(C)C)C(C)C)CC1N. The Morgan fingerprint density at radius 1 is 1.07 bits per heavy atom. The predicted molar refractivity (Wildman–Crippen MR) is 66.9 cm³/mol. The standard InChI is InChI=1S/C13H28N2/c1-9(2)15(10(3)4)12-7-6-11(5)13(14)8-12/h9-13H,6-8,14H2,1-5H3. The van der Waals surface area contributed by atoms with Crippen LogP contribution in [-0.2, 0) is 0 Å². The number of hydrogen-bond acceptors (Lipinski definition) is 2. The molecular formula is C13H28N2. The van der Waals surface area contributed by atoms with Gasteiger partial charge >= 0.3 is 0 Å². The topological polar surface area (TPSA) is 29.3 Å². The van der Waals surface area contributed by atoms with Gasteiger partial charge in [0.05, 0.1) is 0 Å². The molecule has 1 fully saturated rings. The molecule has 90 valence electrons. The molecule has 3 unspecified atom stereocenters. The molecule has 1 aliphatic rings. The van der Waals surface area contributed by atoms with Crippen LogP contribution in [0.15, 0.2) is 0 Å². The Morgan fingerprint density at radius 3 is 2.00 bits per heavy atom. The molecule has 1 rings (SSSR count). The minimum Gasteiger partial charge on any atom is -0.327 e. The normalized spacial score (nSPS) is 33.0. The van der Waals surface area contributed by atoms with Crippen molar-refractivity contribution in [1.82, 2.24) is 4.90 Å². The van der Waals surface area contributed by atoms with Crippen LogP contribution in [0.3, 0.4) is 0 Å². The first-order valence-electron chi connectivity index (χ1n) is 6.46. The van der Waals surface area contributed by atoms with Crippen molar-refractivity contribution in [1.29, 1.82) is 0 Å². The summed E-state index contributed by atoms with van der Waals surface area (Å²) in [7, 11) is 0. The van der Waals surface area contributed by atoms with E-state index in [1.54, 1.807) is 0 Å². The van der Waals surface area contributed by atoms with E-state index < -0.39 is 0 Å². The maximum atomic E-state index is 6.18. The third-order valence-electron chi connectivity index (χ3n) is 3.84. The van der Waals surface area contributed by atoms with E-state index in [4.69, 9.17) is 5.73 Å². The summed E-state index contributed by atoms with van der Waals surface area (Å²) in [5.74, 6) is 0.711. The van der Waals surface area contributed by atoms with Gasteiger partial charge in [0, 0.05) is 24.2 Å². The molecule has 0 bridgehead atoms. The molecule has 1 aliphatic carbocycles. The minimum absolute atomic E-state index is 0.406. The second-order valence-electron chi connectivity index (χ2n) is 5.74. The number of rotatable bonds is 3. The van der Waals surface area contributed by atoms with E-state index in [0.29, 0.717) is 30.1 Å². The van der Waals surface area contributed by atoms with Crippen molar-refractivity contribution >= 4 is 0 Å². The minimum atomic E-state index is 0.406. The Labute approximate surface area is 95.2 Å². The largest absolute Gasteiger partial charge is 0.327 e. The summed E-state index contributed by atoms with van der Waals surface area (Å²) in [5.41, 5.74) is 6.18. The van der Waals surface area contributed by atoms with Crippen LogP contribution in [-0.4, -0.2) is 29.1 Å². The summed E-state index contributed by atoms with van der Waals surface area (Å²) in [4.78, 5) is 2.63. The zero-order chi connectivity index (χ0) is 11.6. The molecule has 0 aliphatic heterocycles. The highest BCUT2D eigenvalue weighted by Crippen LogP contribution is 2.28. The molecule has 15 heavy (non-hydrogen) atoms. The third kappa shape index (κ3) is 3.18. The molecule has 2 nitrogen and oxygen atoms in total. The molecule has 2 heteroatoms. The van der Waals surface area contributed by atoms with Crippen LogP contribution in [0.2, 0.25) is 0 Å². The van der Waals surface area contributed by atoms with Crippen LogP contribution in [0.4, 0.5) is 0 Å². The highest BCUT2D eigenvalue weighted by atomic mass is 15.2. The van der Waals surface area contributed by atoms with Crippen molar-refractivity contribution < 1.29 is 0 Å². The third-order valence-corrected chi connectivity index (χ3v) is 3.84. The van der Waals surface area contributed by atoms with Gasteiger partial charge in [-0.3, -0.25) is 4.90 Å². The van der Waals surface area contributed by atoms with Crippen LogP contribution in [0.25, 0.3) is 0 Å². The fraction of sp³-hybridized carbons (Fsp3) is 1.00. The molecule has 3 atom stereocenters. The first kappa shape index (κ1) is 13.0. The highest BCUT2D eigenvalue weighted by molar-refractivity contribution is 4.88. The maximum absolute atomic E-state index is 6.18. The van der Waals surface area contributed by atoms with E-state index in [2.05, 4.69) is 39.5 Å². The molecular weight excluding hydrogens is 184 g/mol. The van der Waals surface area contributed by atoms with Crippen LogP contribution in [0.1, 0.15) is 53.9 Å². The quantitative estimate of drug-likeness (QED) is 0.779. The molecule has 0 radical (unpaired) electrons. The van der Waals surface area contributed by atoms with Crippen LogP contribution < -0.4 is 5.73 Å². The van der Waals surface area contributed by atoms with Gasteiger partial charge in [0.25, 0.3) is 0 Å². The molecule has 0 aromatic heterocycles. The molecule has 0 aromatic rings. The Morgan fingerprint density at radius 2 is 1.60 bits per heavy atom. The fourth-order valence-electron chi connectivity index (χ4n) is 3.04. The van der Waals surface area contributed by atoms with Crippen molar-refractivity contribution in [2.45, 2.75) is 78.0 Å². The zero-order valence-corrected chi connectivity index (χ0v) is 11.0. The van der Waals surface area contributed by atoms with Gasteiger partial charge in [-0.25, -0.2) is 0 Å². The van der Waals surface area contributed by atoms with Crippen LogP contribution in [0.5, 0.6) is 0 Å². The van der Waals surface area contributed by atoms with Crippen molar-refractivity contribution in [3.8, 4) is 0 Å². The Balaban J connectivity index is 2.61. The van der Waals surface area contributed by atoms with E-state index in [1.165, 1.54) is 19.3 Å². The summed E-state index contributed by atoms with van der Waals surface area (Å²) in [6.45, 7) is 11.5. The van der Waals surface area contributed by atoms with Crippen molar-refractivity contribution in [3.05, 3.63) is 0 Å². The van der Waals surface area contributed by atoms with Crippen LogP contribution in [0, 0.1) is 5.92 Å². The van der Waals surface area contributed by atoms with E-state index in [1.807, 2.05) is 0 Å². The molecule has 0 heterocycles. The van der Waals surface area contributed by atoms with Crippen molar-refractivity contribution in [2.75, 3.05) is 0 Å². The number of hydrogen-bond donors (Lipinski definition) is 1. The van der Waals surface area contributed by atoms with Gasteiger partial charge in [0.1, 0.15) is 0 Å². The Bertz CT molecular complexity index is 181. The summed E-state index contributed by atoms with van der Waals surface area (Å²) in [5, 5.41) is 0. The number of nitrogens with two attached hydrogens (primary N) is 1. The van der Waals surface area contributed by atoms with Gasteiger partial charge in [-0.05, 0) is 52.9 Å². The van der Waals surface area contributed by atoms with Gasteiger partial charge in [0.15, 0.2) is 0 Å². The lowest BCUT2D eigenvalue weighted by molar-refractivity contribution is 0.0692. The Kier molecular flexibility index (Phi) is 4.60. The van der Waals surface area contributed by atoms with E-state index in [-0.39, 0.29) is 0 Å². The van der Waals surface area contributed by atoms with E-state index >= 15 is 0 Å². The number of nitrogens with zero attached hydrogens (tertiary/aromatic N) is 1. The second kappa shape index (κ2) is 5.31. The Hall–Kier alpha value is -0.0800. The zero-order valence-electron chi connectivity index (χ0n) is 11.0. The first-order chi connectivity index (χ1) is 6.93. The lowest BCUT2D eigenvalue weighted by atomic mass is 9.82. The maximum Gasteiger partial charge on any atom is 0.0116 e. The molecule has 1 saturated carbocycles. The summed E-state index contributed by atoms with van der Waals surface area (Å²) >= 11 is 0. The van der Waals surface area contributed by atoms with Crippen molar-refractivity contribution in [3.63, 3.8) is 0 Å². The molecule has 2 N–H and O–H groups in total. The molecule has 0 aromatic carbocycles. The van der Waals surface area contributed by atoms with Gasteiger partial charge in [-0.15, -0.1) is 0 Å². The monoisotopic (exact) mass is 212 g/mol. The molecule has 0 spiro atoms. The van der Waals surface area contributed by atoms with Gasteiger partial charge in [-0.2, -0.15) is 0 Å². The van der Waals surface area contributed by atoms with Crippen molar-refractivity contribution in [2.24, 2.45) is 11.7 Å². The first-order valence-corrected chi connectivity index (χ1v) is 6.46. The van der Waals surface area contributed by atoms with Crippen LogP contribution >= 0.6 is 0 Å². The lowest BCUT2D eigenvalue weighted by Gasteiger charge is -2.43. The predicted octanol–water partition coefficient (Wildman–Crippen LogP) is 2.62. The fourth-order valence-corrected chi connectivity index (χ4v) is 3.04. The summed E-state index contributed by atoms with van der Waals surface area (Å²) in [6.07, 6.45) is 3.80. The van der Waals surface area contributed by atoms with Gasteiger partial charge < -0.3 is 5.73 Å². The second-order valence-corrected chi connectivity index (χ2v) is 5.74. The smallest absolute Gasteiger partial charge is 0.0116 e. The van der Waals surface area contributed by atoms with Gasteiger partial charge in [0.2, 0.25) is 0 Å². The van der Waals surface area contributed by atoms with Gasteiger partial charge in [-0.1, -0.05) is 6.92 Å². The van der Waals surface area contributed by atoms with E-state index in [0.717, 1.165) is 0 Å². The lowest BCUT2D eigenvalue weighted by Crippen LogP contribution is -2.50. The summed E-state index contributed by atoms with van der Waals surface area (Å²) < 4.78 is 0. The van der Waals surface area contributed by atoms with E-state index in [9.17, 15) is 0 Å². The highest BCUT2D eigenvalue weighted by Gasteiger charge is 2.31. The summed E-state index contributed by atoms with van der Waals surface area (Å²) in [6, 6.07) is 2.38. The molecule has 0 saturated heterocycles.